The summed E-state index contributed by atoms with van der Waals surface area (Å²) in [4.78, 5) is 18.7. The molecule has 14 heavy (non-hydrogen) atoms. The van der Waals surface area contributed by atoms with Gasteiger partial charge < -0.3 is 4.98 Å². The average molecular weight is 190 g/mol. The van der Waals surface area contributed by atoms with Crippen LogP contribution in [0.2, 0.25) is 0 Å². The summed E-state index contributed by atoms with van der Waals surface area (Å²) < 4.78 is 0. The summed E-state index contributed by atoms with van der Waals surface area (Å²) in [6.45, 7) is 7.36. The van der Waals surface area contributed by atoms with Gasteiger partial charge in [-0.2, -0.15) is 0 Å². The molecule has 0 aliphatic heterocycles. The molecule has 1 heterocycles. The third-order valence-electron chi connectivity index (χ3n) is 1.92. The maximum Gasteiger partial charge on any atom is 0.203 e. The number of H-pyrrole nitrogens is 1. The molecule has 0 atom stereocenters. The van der Waals surface area contributed by atoms with E-state index in [0.717, 1.165) is 5.69 Å². The van der Waals surface area contributed by atoms with Gasteiger partial charge in [0.25, 0.3) is 0 Å². The van der Waals surface area contributed by atoms with Gasteiger partial charge in [-0.15, -0.1) is 6.42 Å². The van der Waals surface area contributed by atoms with Crippen LogP contribution < -0.4 is 0 Å². The van der Waals surface area contributed by atoms with Crippen LogP contribution in [0.5, 0.6) is 0 Å². The number of imidazole rings is 1. The fourth-order valence-electron chi connectivity index (χ4n) is 1.06. The van der Waals surface area contributed by atoms with E-state index in [-0.39, 0.29) is 5.78 Å². The number of carbonyl (C=O) groups excluding carboxylic acids is 1. The standard InChI is InChI=1S/C11H14N2O/c1-6-8-7(2)12-10(13-8)9(14)11(3,4)5/h1H,2-5H3,(H,12,13). The SMILES string of the molecule is C#Cc1nc(C(=O)C(C)(C)C)[nH]c1C. The number of hydrogen-bond donors (Lipinski definition) is 1. The highest BCUT2D eigenvalue weighted by atomic mass is 16.1. The molecule has 0 unspecified atom stereocenters. The Labute approximate surface area is 83.9 Å². The smallest absolute Gasteiger partial charge is 0.203 e. The number of ketones is 1. The highest BCUT2D eigenvalue weighted by Gasteiger charge is 2.25. The fraction of sp³-hybridized carbons (Fsp3) is 0.455. The molecular formula is C11H14N2O. The Bertz CT molecular complexity index is 402. The molecule has 0 radical (unpaired) electrons. The Morgan fingerprint density at radius 1 is 1.50 bits per heavy atom. The molecular weight excluding hydrogens is 176 g/mol. The molecule has 3 nitrogen and oxygen atoms in total. The largest absolute Gasteiger partial charge is 0.338 e. The van der Waals surface area contributed by atoms with Gasteiger partial charge in [0.1, 0.15) is 5.69 Å². The molecule has 0 fully saturated rings. The minimum Gasteiger partial charge on any atom is -0.338 e. The lowest BCUT2D eigenvalue weighted by Gasteiger charge is -2.13. The maximum atomic E-state index is 11.8. The number of nitrogens with one attached hydrogen (secondary N) is 1. The summed E-state index contributed by atoms with van der Waals surface area (Å²) >= 11 is 0. The minimum atomic E-state index is -0.434. The topological polar surface area (TPSA) is 45.8 Å². The predicted molar refractivity (Wildman–Crippen MR) is 55.0 cm³/mol. The Hall–Kier alpha value is -1.56. The summed E-state index contributed by atoms with van der Waals surface area (Å²) in [6.07, 6.45) is 5.23. The normalized spacial score (nSPS) is 11.1. The van der Waals surface area contributed by atoms with Crippen LogP contribution in [-0.2, 0) is 0 Å². The van der Waals surface area contributed by atoms with Gasteiger partial charge in [-0.1, -0.05) is 20.8 Å². The highest BCUT2D eigenvalue weighted by molar-refractivity contribution is 5.96. The molecule has 0 aliphatic carbocycles. The Kier molecular flexibility index (Phi) is 2.48. The molecule has 74 valence electrons. The van der Waals surface area contributed by atoms with Gasteiger partial charge in [-0.3, -0.25) is 4.79 Å². The van der Waals surface area contributed by atoms with Gasteiger partial charge in [0.2, 0.25) is 5.78 Å². The maximum absolute atomic E-state index is 11.8. The number of aromatic amines is 1. The summed E-state index contributed by atoms with van der Waals surface area (Å²) in [5.74, 6) is 2.75. The average Bonchev–Trinajstić information content (AvgIpc) is 2.43. The summed E-state index contributed by atoms with van der Waals surface area (Å²) in [7, 11) is 0. The lowest BCUT2D eigenvalue weighted by atomic mass is 9.90. The number of Topliss-reactive ketones (excluding diaryl/α,β-unsaturated/α-hetero) is 1. The van der Waals surface area contributed by atoms with Crippen LogP contribution in [0, 0.1) is 24.7 Å². The molecule has 0 spiro atoms. The summed E-state index contributed by atoms with van der Waals surface area (Å²) in [5, 5.41) is 0. The van der Waals surface area contributed by atoms with Gasteiger partial charge in [-0.25, -0.2) is 4.98 Å². The van der Waals surface area contributed by atoms with Crippen molar-refractivity contribution in [1.82, 2.24) is 9.97 Å². The van der Waals surface area contributed by atoms with Crippen molar-refractivity contribution in [2.75, 3.05) is 0 Å². The van der Waals surface area contributed by atoms with Crippen molar-refractivity contribution < 1.29 is 4.79 Å². The number of hydrogen-bond acceptors (Lipinski definition) is 2. The van der Waals surface area contributed by atoms with E-state index in [0.29, 0.717) is 11.5 Å². The van der Waals surface area contributed by atoms with Crippen molar-refractivity contribution in [1.29, 1.82) is 0 Å². The Morgan fingerprint density at radius 3 is 2.43 bits per heavy atom. The molecule has 0 bridgehead atoms. The van der Waals surface area contributed by atoms with Crippen molar-refractivity contribution in [3.05, 3.63) is 17.2 Å². The van der Waals surface area contributed by atoms with Gasteiger partial charge in [0.15, 0.2) is 5.82 Å². The second kappa shape index (κ2) is 3.30. The zero-order valence-electron chi connectivity index (χ0n) is 8.93. The number of nitrogens with zero attached hydrogens (tertiary/aromatic N) is 1. The van der Waals surface area contributed by atoms with E-state index in [9.17, 15) is 4.79 Å². The van der Waals surface area contributed by atoms with E-state index < -0.39 is 5.41 Å². The van der Waals surface area contributed by atoms with Gasteiger partial charge in [0.05, 0.1) is 0 Å². The lowest BCUT2D eigenvalue weighted by Crippen LogP contribution is -2.21. The first-order valence-electron chi connectivity index (χ1n) is 4.44. The molecule has 0 saturated heterocycles. The van der Waals surface area contributed by atoms with E-state index >= 15 is 0 Å². The number of rotatable bonds is 1. The van der Waals surface area contributed by atoms with E-state index in [1.54, 1.807) is 0 Å². The van der Waals surface area contributed by atoms with Crippen molar-refractivity contribution in [2.24, 2.45) is 5.41 Å². The van der Waals surface area contributed by atoms with Crippen molar-refractivity contribution in [3.8, 4) is 12.3 Å². The van der Waals surface area contributed by atoms with E-state index in [2.05, 4.69) is 15.9 Å². The Morgan fingerprint density at radius 2 is 2.07 bits per heavy atom. The minimum absolute atomic E-state index is 0.0258. The molecule has 1 N–H and O–H groups in total. The number of terminal acetylenes is 1. The molecule has 1 rings (SSSR count). The van der Waals surface area contributed by atoms with E-state index in [4.69, 9.17) is 6.42 Å². The highest BCUT2D eigenvalue weighted by Crippen LogP contribution is 2.19. The van der Waals surface area contributed by atoms with Gasteiger partial charge in [0, 0.05) is 11.1 Å². The number of aromatic nitrogens is 2. The first-order valence-corrected chi connectivity index (χ1v) is 4.44. The summed E-state index contributed by atoms with van der Waals surface area (Å²) in [5.41, 5.74) is 0.841. The van der Waals surface area contributed by atoms with Gasteiger partial charge >= 0.3 is 0 Å². The van der Waals surface area contributed by atoms with Crippen molar-refractivity contribution in [3.63, 3.8) is 0 Å². The number of aryl methyl sites for hydroxylation is 1. The van der Waals surface area contributed by atoms with Crippen LogP contribution in [0.15, 0.2) is 0 Å². The van der Waals surface area contributed by atoms with Crippen molar-refractivity contribution >= 4 is 5.78 Å². The quantitative estimate of drug-likeness (QED) is 0.543. The first-order chi connectivity index (χ1) is 6.36. The molecule has 0 saturated carbocycles. The molecule has 0 aliphatic rings. The first kappa shape index (κ1) is 10.5. The third kappa shape index (κ3) is 1.85. The van der Waals surface area contributed by atoms with Gasteiger partial charge in [-0.05, 0) is 12.8 Å². The second-order valence-electron chi connectivity index (χ2n) is 4.28. The predicted octanol–water partition coefficient (Wildman–Crippen LogP) is 1.93. The lowest BCUT2D eigenvalue weighted by molar-refractivity contribution is 0.0848. The van der Waals surface area contributed by atoms with Crippen LogP contribution in [-0.4, -0.2) is 15.8 Å². The van der Waals surface area contributed by atoms with Crippen LogP contribution >= 0.6 is 0 Å². The van der Waals surface area contributed by atoms with Crippen LogP contribution in [0.1, 0.15) is 42.8 Å². The molecule has 0 aromatic carbocycles. The van der Waals surface area contributed by atoms with E-state index in [1.165, 1.54) is 0 Å². The zero-order valence-corrected chi connectivity index (χ0v) is 8.93. The van der Waals surface area contributed by atoms with Crippen LogP contribution in [0.3, 0.4) is 0 Å². The number of carbonyl (C=O) groups is 1. The molecule has 1 aromatic heterocycles. The fourth-order valence-corrected chi connectivity index (χ4v) is 1.06. The van der Waals surface area contributed by atoms with E-state index in [1.807, 2.05) is 27.7 Å². The molecule has 1 aromatic rings. The molecule has 3 heteroatoms. The van der Waals surface area contributed by atoms with Crippen LogP contribution in [0.4, 0.5) is 0 Å². The second-order valence-corrected chi connectivity index (χ2v) is 4.28. The van der Waals surface area contributed by atoms with Crippen LogP contribution in [0.25, 0.3) is 0 Å². The zero-order chi connectivity index (χ0) is 10.9. The third-order valence-corrected chi connectivity index (χ3v) is 1.92. The summed E-state index contributed by atoms with van der Waals surface area (Å²) in [6, 6.07) is 0. The Balaban J connectivity index is 3.11. The molecule has 0 amide bonds. The monoisotopic (exact) mass is 190 g/mol. The van der Waals surface area contributed by atoms with Crippen molar-refractivity contribution in [2.45, 2.75) is 27.7 Å².